The van der Waals surface area contributed by atoms with E-state index in [9.17, 15) is 14.0 Å². The zero-order valence-corrected chi connectivity index (χ0v) is 22.0. The number of allylic oxidation sites excluding steroid dienone is 3. The van der Waals surface area contributed by atoms with Gasteiger partial charge in [0.2, 0.25) is 5.91 Å². The van der Waals surface area contributed by atoms with Crippen LogP contribution in [0.1, 0.15) is 55.6 Å². The number of benzene rings is 2. The van der Waals surface area contributed by atoms with Gasteiger partial charge in [-0.1, -0.05) is 68.8 Å². The number of nitrogens with zero attached hydrogens (tertiary/aromatic N) is 1. The second-order valence-electron chi connectivity index (χ2n) is 9.63. The van der Waals surface area contributed by atoms with Gasteiger partial charge >= 0.3 is 0 Å². The number of carbonyl (C=O) groups is 2. The van der Waals surface area contributed by atoms with Crippen LogP contribution in [0.5, 0.6) is 0 Å². The highest BCUT2D eigenvalue weighted by molar-refractivity contribution is 6.33. The lowest BCUT2D eigenvalue weighted by atomic mass is 9.95. The van der Waals surface area contributed by atoms with Crippen molar-refractivity contribution in [3.63, 3.8) is 0 Å². The van der Waals surface area contributed by atoms with Crippen LogP contribution in [0.3, 0.4) is 0 Å². The topological polar surface area (TPSA) is 61.4 Å². The van der Waals surface area contributed by atoms with Gasteiger partial charge in [-0.15, -0.1) is 0 Å². The van der Waals surface area contributed by atoms with Gasteiger partial charge in [0.1, 0.15) is 5.82 Å². The Balaban J connectivity index is 1.76. The van der Waals surface area contributed by atoms with E-state index in [1.165, 1.54) is 12.1 Å². The van der Waals surface area contributed by atoms with Gasteiger partial charge in [0.25, 0.3) is 5.91 Å². The number of likely N-dealkylation sites (N-methyl/N-ethyl adjacent to an activating group) is 1. The Morgan fingerprint density at radius 1 is 1.08 bits per heavy atom. The van der Waals surface area contributed by atoms with Crippen molar-refractivity contribution in [3.05, 3.63) is 100.0 Å². The molecule has 0 atom stereocenters. The molecule has 0 radical (unpaired) electrons. The predicted octanol–water partition coefficient (Wildman–Crippen LogP) is 6.08. The average molecular weight is 510 g/mol. The van der Waals surface area contributed by atoms with E-state index in [-0.39, 0.29) is 17.6 Å². The molecule has 2 aromatic carbocycles. The van der Waals surface area contributed by atoms with Crippen molar-refractivity contribution in [2.45, 2.75) is 40.7 Å². The molecule has 0 fully saturated rings. The van der Waals surface area contributed by atoms with Crippen LogP contribution in [0.15, 0.2) is 72.5 Å². The van der Waals surface area contributed by atoms with E-state index in [1.807, 2.05) is 39.0 Å². The molecule has 190 valence electrons. The number of amides is 2. The summed E-state index contributed by atoms with van der Waals surface area (Å²) in [5, 5.41) is 6.17. The molecule has 0 aliphatic carbocycles. The lowest BCUT2D eigenvalue weighted by Crippen LogP contribution is -2.34. The first-order valence-corrected chi connectivity index (χ1v) is 12.4. The zero-order valence-electron chi connectivity index (χ0n) is 21.2. The summed E-state index contributed by atoms with van der Waals surface area (Å²) in [4.78, 5) is 27.5. The number of hydrogen-bond donors (Lipinski definition) is 2. The van der Waals surface area contributed by atoms with Gasteiger partial charge in [-0.25, -0.2) is 4.39 Å². The Labute approximate surface area is 217 Å². The maximum Gasteiger partial charge on any atom is 0.257 e. The third-order valence-electron chi connectivity index (χ3n) is 5.80. The largest absolute Gasteiger partial charge is 0.368 e. The Hall–Kier alpha value is -3.38. The minimum atomic E-state index is -0.499. The monoisotopic (exact) mass is 509 g/mol. The summed E-state index contributed by atoms with van der Waals surface area (Å²) in [6.07, 6.45) is 8.44. The number of rotatable bonds is 6. The zero-order chi connectivity index (χ0) is 26.3. The van der Waals surface area contributed by atoms with Crippen molar-refractivity contribution in [3.8, 4) is 0 Å². The van der Waals surface area contributed by atoms with E-state index in [4.69, 9.17) is 11.6 Å². The number of hydrogen-bond acceptors (Lipinski definition) is 3. The van der Waals surface area contributed by atoms with Crippen LogP contribution in [0, 0.1) is 11.2 Å². The fraction of sp³-hybridized carbons (Fsp3) is 0.310. The van der Waals surface area contributed by atoms with Gasteiger partial charge in [-0.05, 0) is 54.8 Å². The molecular weight excluding hydrogens is 477 g/mol. The van der Waals surface area contributed by atoms with E-state index in [1.54, 1.807) is 30.3 Å². The van der Waals surface area contributed by atoms with E-state index in [2.05, 4.69) is 28.5 Å². The van der Waals surface area contributed by atoms with E-state index < -0.39 is 5.41 Å². The molecule has 0 saturated heterocycles. The Kier molecular flexibility index (Phi) is 9.10. The van der Waals surface area contributed by atoms with Crippen molar-refractivity contribution in [2.24, 2.45) is 5.41 Å². The molecule has 2 aromatic rings. The van der Waals surface area contributed by atoms with Crippen LogP contribution in [-0.2, 0) is 11.3 Å². The summed E-state index contributed by atoms with van der Waals surface area (Å²) in [6, 6.07) is 11.6. The highest BCUT2D eigenvalue weighted by Gasteiger charge is 2.21. The lowest BCUT2D eigenvalue weighted by molar-refractivity contribution is -0.128. The maximum absolute atomic E-state index is 13.4. The van der Waals surface area contributed by atoms with Gasteiger partial charge < -0.3 is 15.5 Å². The fourth-order valence-electron chi connectivity index (χ4n) is 3.72. The third-order valence-corrected chi connectivity index (χ3v) is 6.13. The second kappa shape index (κ2) is 12.0. The van der Waals surface area contributed by atoms with Crippen LogP contribution in [-0.4, -0.2) is 29.8 Å². The normalized spacial score (nSPS) is 18.0. The number of nitrogens with one attached hydrogen (secondary N) is 2. The van der Waals surface area contributed by atoms with Gasteiger partial charge in [-0.3, -0.25) is 9.59 Å². The Morgan fingerprint density at radius 3 is 2.47 bits per heavy atom. The lowest BCUT2D eigenvalue weighted by Gasteiger charge is -2.25. The molecule has 2 N–H and O–H groups in total. The van der Waals surface area contributed by atoms with Crippen molar-refractivity contribution in [1.82, 2.24) is 15.5 Å². The number of carbonyl (C=O) groups excluding carboxylic acids is 2. The Morgan fingerprint density at radius 2 is 1.81 bits per heavy atom. The third kappa shape index (κ3) is 7.31. The molecule has 7 heteroatoms. The Bertz CT molecular complexity index is 1190. The smallest absolute Gasteiger partial charge is 0.257 e. The van der Waals surface area contributed by atoms with Gasteiger partial charge in [0.05, 0.1) is 10.6 Å². The molecule has 1 aliphatic heterocycles. The first-order chi connectivity index (χ1) is 17.1. The molecule has 0 bridgehead atoms. The summed E-state index contributed by atoms with van der Waals surface area (Å²) < 4.78 is 13.4. The summed E-state index contributed by atoms with van der Waals surface area (Å²) in [5.74, 6) is -0.665. The predicted molar refractivity (Wildman–Crippen MR) is 144 cm³/mol. The van der Waals surface area contributed by atoms with Crippen molar-refractivity contribution in [2.75, 3.05) is 13.1 Å². The summed E-state index contributed by atoms with van der Waals surface area (Å²) in [7, 11) is 0. The molecule has 0 aromatic heterocycles. The first-order valence-electron chi connectivity index (χ1n) is 12.0. The van der Waals surface area contributed by atoms with Crippen molar-refractivity contribution >= 4 is 29.1 Å². The molecule has 5 nitrogen and oxygen atoms in total. The summed E-state index contributed by atoms with van der Waals surface area (Å²) in [6.45, 7) is 9.33. The van der Waals surface area contributed by atoms with Crippen LogP contribution in [0.2, 0.25) is 5.02 Å². The minimum absolute atomic E-state index is 0.0708. The van der Waals surface area contributed by atoms with Crippen LogP contribution >= 0.6 is 11.6 Å². The molecule has 3 rings (SSSR count). The van der Waals surface area contributed by atoms with Gasteiger partial charge in [0, 0.05) is 36.4 Å². The molecule has 0 unspecified atom stereocenters. The molecule has 1 heterocycles. The van der Waals surface area contributed by atoms with Crippen LogP contribution in [0.25, 0.3) is 5.70 Å². The standard InChI is InChI=1S/C29H33ClFN3O2/c1-5-34-17-7-9-23(8-6-10-26(34)21-12-14-22(31)15-13-21)33-27(35)24-18-20(11-16-25(24)30)19-32-28(36)29(2,3)4/h7-16,18H,5-6,17,19H2,1-4H3,(H,32,36)(H,33,35)/b9-7-,23-8+,26-10-. The van der Waals surface area contributed by atoms with E-state index in [0.29, 0.717) is 35.8 Å². The molecule has 36 heavy (non-hydrogen) atoms. The molecule has 1 aliphatic rings. The molecular formula is C29H33ClFN3O2. The average Bonchev–Trinajstić information content (AvgIpc) is 2.93. The van der Waals surface area contributed by atoms with Crippen LogP contribution < -0.4 is 10.6 Å². The SMILES string of the molecule is CCN1C/C=C\C(NC(=O)c2cc(CNC(=O)C(C)(C)C)ccc2Cl)=C/C/C=C\1c1ccc(F)cc1. The molecule has 2 amide bonds. The first kappa shape index (κ1) is 27.2. The highest BCUT2D eigenvalue weighted by Crippen LogP contribution is 2.23. The fourth-order valence-corrected chi connectivity index (χ4v) is 3.92. The van der Waals surface area contributed by atoms with E-state index >= 15 is 0 Å². The molecule has 0 saturated carbocycles. The number of halogens is 2. The second-order valence-corrected chi connectivity index (χ2v) is 10.0. The van der Waals surface area contributed by atoms with Crippen molar-refractivity contribution in [1.29, 1.82) is 0 Å². The summed E-state index contributed by atoms with van der Waals surface area (Å²) in [5.41, 5.74) is 3.24. The van der Waals surface area contributed by atoms with Gasteiger partial charge in [0.15, 0.2) is 0 Å². The van der Waals surface area contributed by atoms with Crippen LogP contribution in [0.4, 0.5) is 4.39 Å². The van der Waals surface area contributed by atoms with Crippen molar-refractivity contribution < 1.29 is 14.0 Å². The summed E-state index contributed by atoms with van der Waals surface area (Å²) >= 11 is 6.34. The van der Waals surface area contributed by atoms with Gasteiger partial charge in [-0.2, -0.15) is 0 Å². The van der Waals surface area contributed by atoms with E-state index in [0.717, 1.165) is 23.4 Å². The molecule has 0 spiro atoms. The maximum atomic E-state index is 13.4. The minimum Gasteiger partial charge on any atom is -0.368 e. The quantitative estimate of drug-likeness (QED) is 0.496. The highest BCUT2D eigenvalue weighted by atomic mass is 35.5.